The third-order valence-electron chi connectivity index (χ3n) is 7.80. The van der Waals surface area contributed by atoms with Crippen molar-refractivity contribution in [2.75, 3.05) is 26.8 Å². The lowest BCUT2D eigenvalue weighted by Crippen LogP contribution is -2.42. The van der Waals surface area contributed by atoms with Gasteiger partial charge in [-0.1, -0.05) is 48.3 Å². The highest BCUT2D eigenvalue weighted by Gasteiger charge is 2.57. The molecule has 0 radical (unpaired) electrons. The fraction of sp³-hybridized carbons (Fsp3) is 0.481. The van der Waals surface area contributed by atoms with Crippen molar-refractivity contribution in [2.24, 2.45) is 11.3 Å². The van der Waals surface area contributed by atoms with Crippen molar-refractivity contribution in [3.05, 3.63) is 63.6 Å². The summed E-state index contributed by atoms with van der Waals surface area (Å²) in [6.07, 6.45) is 1.60. The highest BCUT2D eigenvalue weighted by molar-refractivity contribution is 6.31. The van der Waals surface area contributed by atoms with Crippen LogP contribution in [0.25, 0.3) is 0 Å². The summed E-state index contributed by atoms with van der Waals surface area (Å²) in [6.45, 7) is 4.19. The number of nitrogens with one attached hydrogen (secondary N) is 1. The molecule has 8 heteroatoms. The summed E-state index contributed by atoms with van der Waals surface area (Å²) >= 11 is 13.0. The molecule has 1 aliphatic heterocycles. The minimum absolute atomic E-state index is 0.0410. The van der Waals surface area contributed by atoms with Crippen LogP contribution in [0, 0.1) is 11.3 Å². The van der Waals surface area contributed by atoms with Gasteiger partial charge in [0.15, 0.2) is 6.61 Å². The van der Waals surface area contributed by atoms with Gasteiger partial charge in [-0.2, -0.15) is 0 Å². The molecular weight excluding hydrogens is 487 g/mol. The van der Waals surface area contributed by atoms with Gasteiger partial charge in [-0.05, 0) is 67.0 Å². The summed E-state index contributed by atoms with van der Waals surface area (Å²) in [4.78, 5) is 26.5. The second kappa shape index (κ2) is 10.4. The molecule has 1 aliphatic carbocycles. The predicted octanol–water partition coefficient (Wildman–Crippen LogP) is 4.62. The molecule has 6 nitrogen and oxygen atoms in total. The number of ether oxygens (including phenoxy) is 1. The van der Waals surface area contributed by atoms with Gasteiger partial charge in [0, 0.05) is 35.6 Å². The Morgan fingerprint density at radius 1 is 1.23 bits per heavy atom. The molecule has 2 amide bonds. The second-order valence-electron chi connectivity index (χ2n) is 9.94. The van der Waals surface area contributed by atoms with E-state index < -0.39 is 5.41 Å². The molecule has 1 saturated carbocycles. The lowest BCUT2D eigenvalue weighted by Gasteiger charge is -2.46. The number of rotatable bonds is 7. The van der Waals surface area contributed by atoms with Crippen molar-refractivity contribution in [3.8, 4) is 5.75 Å². The van der Waals surface area contributed by atoms with Crippen LogP contribution in [0.3, 0.4) is 0 Å². The van der Waals surface area contributed by atoms with E-state index in [-0.39, 0.29) is 55.4 Å². The van der Waals surface area contributed by atoms with E-state index >= 15 is 0 Å². The van der Waals surface area contributed by atoms with Gasteiger partial charge in [0.05, 0.1) is 12.0 Å². The van der Waals surface area contributed by atoms with Crippen LogP contribution in [-0.2, 0) is 9.59 Å². The van der Waals surface area contributed by atoms with Crippen LogP contribution in [0.1, 0.15) is 49.7 Å². The Hall–Kier alpha value is -2.28. The number of fused-ring (bicyclic) bond motifs is 1. The van der Waals surface area contributed by atoms with Gasteiger partial charge in [-0.15, -0.1) is 0 Å². The molecule has 2 aromatic carbocycles. The van der Waals surface area contributed by atoms with Crippen molar-refractivity contribution in [1.29, 1.82) is 0 Å². The summed E-state index contributed by atoms with van der Waals surface area (Å²) in [5.41, 5.74) is 1.72. The molecule has 0 spiro atoms. The van der Waals surface area contributed by atoms with Crippen molar-refractivity contribution in [3.63, 3.8) is 0 Å². The molecule has 1 saturated heterocycles. The first-order valence-corrected chi connectivity index (χ1v) is 12.7. The van der Waals surface area contributed by atoms with Crippen LogP contribution in [0.2, 0.25) is 10.0 Å². The molecule has 1 heterocycles. The summed E-state index contributed by atoms with van der Waals surface area (Å²) in [5.74, 6) is 0.723. The largest absolute Gasteiger partial charge is 0.484 e. The van der Waals surface area contributed by atoms with E-state index in [1.807, 2.05) is 24.3 Å². The van der Waals surface area contributed by atoms with Gasteiger partial charge in [-0.3, -0.25) is 9.59 Å². The van der Waals surface area contributed by atoms with E-state index in [2.05, 4.69) is 31.3 Å². The summed E-state index contributed by atoms with van der Waals surface area (Å²) < 4.78 is 5.67. The number of likely N-dealkylation sites (N-methyl/N-ethyl adjacent to an activating group) is 1. The lowest BCUT2D eigenvalue weighted by atomic mass is 9.56. The number of aliphatic hydroxyl groups is 1. The van der Waals surface area contributed by atoms with Crippen molar-refractivity contribution in [2.45, 2.75) is 44.6 Å². The van der Waals surface area contributed by atoms with Crippen LogP contribution in [0.5, 0.6) is 5.75 Å². The zero-order valence-corrected chi connectivity index (χ0v) is 21.8. The number of nitrogens with zero attached hydrogens (tertiary/aromatic N) is 1. The molecule has 35 heavy (non-hydrogen) atoms. The molecular formula is C27H32Cl2N2O4. The molecule has 0 bridgehead atoms. The van der Waals surface area contributed by atoms with Crippen LogP contribution >= 0.6 is 23.2 Å². The highest BCUT2D eigenvalue weighted by Crippen LogP contribution is 2.59. The number of benzene rings is 2. The van der Waals surface area contributed by atoms with E-state index in [1.165, 1.54) is 4.90 Å². The number of carbonyl (C=O) groups is 2. The first-order chi connectivity index (χ1) is 16.7. The number of hydrogen-bond acceptors (Lipinski definition) is 4. The quantitative estimate of drug-likeness (QED) is 0.560. The standard InChI is InChI=1S/C27H32Cl2N2O4/c1-16-25-24(17-4-6-18(28)7-5-17)21(10-11-27(25,2)26(34)30-16)20-9-8-19(14-22(20)29)35-15-23(33)31(3)12-13-32/h4-9,14,16,21,24-25,32H,10-13,15H2,1-3H3,(H,30,34)/t16?,21-,24-,25-,27+/m0/s1. The maximum Gasteiger partial charge on any atom is 0.260 e. The lowest BCUT2D eigenvalue weighted by molar-refractivity contribution is -0.132. The van der Waals surface area contributed by atoms with Crippen LogP contribution in [0.4, 0.5) is 0 Å². The van der Waals surface area contributed by atoms with Gasteiger partial charge in [-0.25, -0.2) is 0 Å². The molecule has 2 aromatic rings. The van der Waals surface area contributed by atoms with Gasteiger partial charge < -0.3 is 20.1 Å². The Bertz CT molecular complexity index is 1090. The average Bonchev–Trinajstić information content (AvgIpc) is 3.06. The third-order valence-corrected chi connectivity index (χ3v) is 8.38. The van der Waals surface area contributed by atoms with E-state index in [0.29, 0.717) is 15.8 Å². The van der Waals surface area contributed by atoms with E-state index in [0.717, 1.165) is 24.0 Å². The molecule has 2 aliphatic rings. The SMILES string of the molecule is CC1NC(=O)[C@]2(C)CC[C@@H](c3ccc(OCC(=O)N(C)CCO)cc3Cl)[C@H](c3ccc(Cl)cc3)[C@H]12. The minimum atomic E-state index is -0.434. The summed E-state index contributed by atoms with van der Waals surface area (Å²) in [5, 5.41) is 13.4. The fourth-order valence-corrected chi connectivity index (χ4v) is 6.38. The molecule has 5 atom stereocenters. The van der Waals surface area contributed by atoms with Crippen LogP contribution < -0.4 is 10.1 Å². The first kappa shape index (κ1) is 25.8. The maximum absolute atomic E-state index is 12.9. The number of aliphatic hydroxyl groups excluding tert-OH is 1. The Morgan fingerprint density at radius 2 is 1.94 bits per heavy atom. The number of carbonyl (C=O) groups excluding carboxylic acids is 2. The average molecular weight is 519 g/mol. The first-order valence-electron chi connectivity index (χ1n) is 12.0. The zero-order chi connectivity index (χ0) is 25.3. The van der Waals surface area contributed by atoms with Crippen molar-refractivity contribution in [1.82, 2.24) is 10.2 Å². The molecule has 2 fully saturated rings. The van der Waals surface area contributed by atoms with Gasteiger partial charge in [0.2, 0.25) is 5.91 Å². The molecule has 188 valence electrons. The van der Waals surface area contributed by atoms with E-state index in [9.17, 15) is 9.59 Å². The zero-order valence-electron chi connectivity index (χ0n) is 20.3. The van der Waals surface area contributed by atoms with Crippen LogP contribution in [-0.4, -0.2) is 54.7 Å². The molecule has 1 unspecified atom stereocenters. The third kappa shape index (κ3) is 5.02. The Balaban J connectivity index is 1.63. The number of hydrogen-bond donors (Lipinski definition) is 2. The maximum atomic E-state index is 12.9. The molecule has 2 N–H and O–H groups in total. The van der Waals surface area contributed by atoms with Crippen molar-refractivity contribution < 1.29 is 19.4 Å². The fourth-order valence-electron chi connectivity index (χ4n) is 5.94. The Morgan fingerprint density at radius 3 is 2.60 bits per heavy atom. The van der Waals surface area contributed by atoms with Gasteiger partial charge >= 0.3 is 0 Å². The van der Waals surface area contributed by atoms with Gasteiger partial charge in [0.1, 0.15) is 5.75 Å². The Labute approximate surface area is 216 Å². The predicted molar refractivity (Wildman–Crippen MR) is 137 cm³/mol. The van der Waals surface area contributed by atoms with Crippen molar-refractivity contribution >= 4 is 35.0 Å². The summed E-state index contributed by atoms with van der Waals surface area (Å²) in [6, 6.07) is 13.5. The number of amides is 2. The van der Waals surface area contributed by atoms with Gasteiger partial charge in [0.25, 0.3) is 5.91 Å². The van der Waals surface area contributed by atoms with E-state index in [4.69, 9.17) is 33.0 Å². The van der Waals surface area contributed by atoms with E-state index in [1.54, 1.807) is 13.1 Å². The molecule has 4 rings (SSSR count). The topological polar surface area (TPSA) is 78.9 Å². The highest BCUT2D eigenvalue weighted by atomic mass is 35.5. The normalized spacial score (nSPS) is 27.8. The monoisotopic (exact) mass is 518 g/mol. The number of halogens is 2. The Kier molecular flexibility index (Phi) is 7.65. The minimum Gasteiger partial charge on any atom is -0.484 e. The smallest absolute Gasteiger partial charge is 0.260 e. The molecule has 0 aromatic heterocycles. The summed E-state index contributed by atoms with van der Waals surface area (Å²) in [7, 11) is 1.62. The second-order valence-corrected chi connectivity index (χ2v) is 10.8. The van der Waals surface area contributed by atoms with Crippen LogP contribution in [0.15, 0.2) is 42.5 Å².